The van der Waals surface area contributed by atoms with Gasteiger partial charge >= 0.3 is 0 Å². The Balaban J connectivity index is 2.71. The molecule has 0 radical (unpaired) electrons. The molecule has 0 aliphatic carbocycles. The summed E-state index contributed by atoms with van der Waals surface area (Å²) in [4.78, 5) is 0. The Morgan fingerprint density at radius 1 is 0.789 bits per heavy atom. The minimum Gasteiger partial charge on any atom is -0.0911 e. The summed E-state index contributed by atoms with van der Waals surface area (Å²) in [6.45, 7) is 6.23. The zero-order chi connectivity index (χ0) is 13.2. The van der Waals surface area contributed by atoms with Crippen LogP contribution < -0.4 is 10.4 Å². The summed E-state index contributed by atoms with van der Waals surface area (Å²) in [7, 11) is 0. The molecule has 0 spiro atoms. The molecule has 0 aromatic heterocycles. The highest BCUT2D eigenvalue weighted by atomic mass is 14.0. The molecule has 0 aliphatic rings. The van der Waals surface area contributed by atoms with Gasteiger partial charge in [-0.05, 0) is 38.6 Å². The maximum atomic E-state index is 4.14. The van der Waals surface area contributed by atoms with Crippen LogP contribution in [0.25, 0.3) is 23.4 Å². The lowest BCUT2D eigenvalue weighted by Gasteiger charge is -2.00. The van der Waals surface area contributed by atoms with Gasteiger partial charge < -0.3 is 0 Å². The normalized spacial score (nSPS) is 13.8. The van der Waals surface area contributed by atoms with Crippen molar-refractivity contribution < 1.29 is 0 Å². The van der Waals surface area contributed by atoms with Crippen LogP contribution in [0.15, 0.2) is 60.7 Å². The van der Waals surface area contributed by atoms with E-state index in [2.05, 4.69) is 74.2 Å². The standard InChI is InChI=1S/C19H16/c1-3-16-18-11-7-5-9-15(18)12-13-19(16)17-10-6-4-8-14(17)2/h3-13H,2H2,1H3/b16-3?,19-17-. The Bertz CT molecular complexity index is 934. The van der Waals surface area contributed by atoms with Gasteiger partial charge in [0.25, 0.3) is 0 Å². The van der Waals surface area contributed by atoms with Gasteiger partial charge in [0.1, 0.15) is 0 Å². The molecule has 0 N–H and O–H groups in total. The van der Waals surface area contributed by atoms with Crippen LogP contribution >= 0.6 is 0 Å². The molecule has 0 bridgehead atoms. The van der Waals surface area contributed by atoms with Gasteiger partial charge in [-0.2, -0.15) is 0 Å². The second-order valence-corrected chi connectivity index (χ2v) is 4.69. The van der Waals surface area contributed by atoms with E-state index in [9.17, 15) is 0 Å². The molecule has 0 aliphatic heterocycles. The van der Waals surface area contributed by atoms with Crippen molar-refractivity contribution in [1.82, 2.24) is 0 Å². The molecule has 0 fully saturated rings. The van der Waals surface area contributed by atoms with E-state index in [4.69, 9.17) is 0 Å². The van der Waals surface area contributed by atoms with Crippen molar-refractivity contribution >= 4 is 23.4 Å². The summed E-state index contributed by atoms with van der Waals surface area (Å²) in [6.07, 6.45) is 2.18. The van der Waals surface area contributed by atoms with Crippen molar-refractivity contribution in [3.63, 3.8) is 0 Å². The number of rotatable bonds is 0. The number of fused-ring (bicyclic) bond motifs is 1. The van der Waals surface area contributed by atoms with E-state index in [1.807, 2.05) is 6.07 Å². The third-order valence-corrected chi connectivity index (χ3v) is 3.57. The maximum Gasteiger partial charge on any atom is -0.0102 e. The van der Waals surface area contributed by atoms with Gasteiger partial charge in [-0.25, -0.2) is 0 Å². The van der Waals surface area contributed by atoms with Crippen LogP contribution in [0.5, 0.6) is 0 Å². The van der Waals surface area contributed by atoms with E-state index in [1.54, 1.807) is 0 Å². The van der Waals surface area contributed by atoms with E-state index in [1.165, 1.54) is 26.4 Å². The predicted molar refractivity (Wildman–Crippen MR) is 83.0 cm³/mol. The summed E-state index contributed by atoms with van der Waals surface area (Å²) in [5.41, 5.74) is 0. The molecule has 0 unspecified atom stereocenters. The molecule has 0 saturated carbocycles. The zero-order valence-corrected chi connectivity index (χ0v) is 11.1. The van der Waals surface area contributed by atoms with Crippen LogP contribution in [0.3, 0.4) is 0 Å². The number of hydrogen-bond acceptors (Lipinski definition) is 0. The maximum absolute atomic E-state index is 4.14. The second kappa shape index (κ2) is 4.74. The Kier molecular flexibility index (Phi) is 2.92. The minimum absolute atomic E-state index is 1.07. The molecule has 19 heavy (non-hydrogen) atoms. The summed E-state index contributed by atoms with van der Waals surface area (Å²) in [5.74, 6) is 0. The molecule has 0 heterocycles. The summed E-state index contributed by atoms with van der Waals surface area (Å²) < 4.78 is 0. The molecular weight excluding hydrogens is 228 g/mol. The van der Waals surface area contributed by atoms with Crippen molar-refractivity contribution in [3.8, 4) is 0 Å². The lowest BCUT2D eigenvalue weighted by molar-refractivity contribution is 1.43. The summed E-state index contributed by atoms with van der Waals surface area (Å²) in [5, 5.41) is 7.40. The van der Waals surface area contributed by atoms with Crippen molar-refractivity contribution in [2.75, 3.05) is 0 Å². The molecule has 0 heteroatoms. The molecule has 3 aromatic rings. The van der Waals surface area contributed by atoms with E-state index >= 15 is 0 Å². The van der Waals surface area contributed by atoms with Crippen LogP contribution in [0.4, 0.5) is 0 Å². The van der Waals surface area contributed by atoms with E-state index < -0.39 is 0 Å². The topological polar surface area (TPSA) is 0 Å². The van der Waals surface area contributed by atoms with Gasteiger partial charge in [0.2, 0.25) is 0 Å². The smallest absolute Gasteiger partial charge is 0.0102 e. The van der Waals surface area contributed by atoms with Gasteiger partial charge in [0.05, 0.1) is 0 Å². The highest BCUT2D eigenvalue weighted by Gasteiger charge is 1.95. The van der Waals surface area contributed by atoms with Crippen LogP contribution in [0, 0.1) is 10.4 Å². The summed E-state index contributed by atoms with van der Waals surface area (Å²) >= 11 is 0. The molecule has 92 valence electrons. The predicted octanol–water partition coefficient (Wildman–Crippen LogP) is 3.34. The Morgan fingerprint density at radius 3 is 2.32 bits per heavy atom. The Morgan fingerprint density at radius 2 is 1.53 bits per heavy atom. The summed E-state index contributed by atoms with van der Waals surface area (Å²) in [6, 6.07) is 21.2. The number of benzene rings is 3. The molecule has 0 atom stereocenters. The molecule has 0 saturated heterocycles. The van der Waals surface area contributed by atoms with Crippen LogP contribution in [0.1, 0.15) is 6.92 Å². The lowest BCUT2D eigenvalue weighted by Crippen LogP contribution is -2.09. The van der Waals surface area contributed by atoms with Gasteiger partial charge in [-0.1, -0.05) is 73.3 Å². The van der Waals surface area contributed by atoms with Crippen LogP contribution in [0.2, 0.25) is 0 Å². The highest BCUT2D eigenvalue weighted by molar-refractivity contribution is 5.83. The van der Waals surface area contributed by atoms with E-state index in [-0.39, 0.29) is 0 Å². The zero-order valence-electron chi connectivity index (χ0n) is 11.1. The lowest BCUT2D eigenvalue weighted by atomic mass is 10.0. The fourth-order valence-electron chi connectivity index (χ4n) is 2.62. The van der Waals surface area contributed by atoms with Crippen molar-refractivity contribution in [1.29, 1.82) is 0 Å². The van der Waals surface area contributed by atoms with Crippen molar-refractivity contribution in [2.45, 2.75) is 6.92 Å². The SMILES string of the molecule is C=c1cccc/c1=c1\ccc2ccccc2c1=CC. The van der Waals surface area contributed by atoms with E-state index in [0.717, 1.165) is 5.22 Å². The Labute approximate surface area is 112 Å². The quantitative estimate of drug-likeness (QED) is 0.569. The fraction of sp³-hybridized carbons (Fsp3) is 0.0526. The molecule has 0 nitrogen and oxygen atoms in total. The first-order valence-electron chi connectivity index (χ1n) is 6.53. The molecule has 0 amide bonds. The first kappa shape index (κ1) is 11.7. The van der Waals surface area contributed by atoms with Crippen molar-refractivity contribution in [3.05, 3.63) is 81.5 Å². The van der Waals surface area contributed by atoms with Crippen LogP contribution in [-0.2, 0) is 0 Å². The van der Waals surface area contributed by atoms with Gasteiger partial charge in [-0.3, -0.25) is 0 Å². The third-order valence-electron chi connectivity index (χ3n) is 3.57. The second-order valence-electron chi connectivity index (χ2n) is 4.69. The first-order chi connectivity index (χ1) is 9.31. The molecular formula is C19H16. The third kappa shape index (κ3) is 1.96. The van der Waals surface area contributed by atoms with Crippen molar-refractivity contribution in [2.24, 2.45) is 0 Å². The highest BCUT2D eigenvalue weighted by Crippen LogP contribution is 2.09. The monoisotopic (exact) mass is 244 g/mol. The average Bonchev–Trinajstić information content (AvgIpc) is 2.46. The van der Waals surface area contributed by atoms with Crippen LogP contribution in [-0.4, -0.2) is 0 Å². The first-order valence-corrected chi connectivity index (χ1v) is 6.53. The minimum atomic E-state index is 1.07. The van der Waals surface area contributed by atoms with E-state index in [0.29, 0.717) is 0 Å². The molecule has 3 aromatic carbocycles. The van der Waals surface area contributed by atoms with Gasteiger partial charge in [-0.15, -0.1) is 0 Å². The van der Waals surface area contributed by atoms with Gasteiger partial charge in [0, 0.05) is 0 Å². The fourth-order valence-corrected chi connectivity index (χ4v) is 2.62. The number of hydrogen-bond donors (Lipinski definition) is 0. The van der Waals surface area contributed by atoms with Gasteiger partial charge in [0.15, 0.2) is 0 Å². The average molecular weight is 244 g/mol. The molecule has 3 rings (SSSR count). The Hall–Kier alpha value is -2.34. The largest absolute Gasteiger partial charge is 0.0911 e.